The van der Waals surface area contributed by atoms with E-state index in [0.717, 1.165) is 24.3 Å². The smallest absolute Gasteiger partial charge is 0.244 e. The van der Waals surface area contributed by atoms with Crippen LogP contribution in [0.5, 0.6) is 0 Å². The normalized spacial score (nSPS) is 20.6. The summed E-state index contributed by atoms with van der Waals surface area (Å²) in [6, 6.07) is 5.44. The van der Waals surface area contributed by atoms with Crippen LogP contribution < -0.4 is 5.32 Å². The van der Waals surface area contributed by atoms with Crippen molar-refractivity contribution < 1.29 is 8.42 Å². The second kappa shape index (κ2) is 7.46. The molecule has 1 fully saturated rings. The molecule has 118 valence electrons. The minimum absolute atomic E-state index is 0.365. The molecule has 0 spiro atoms. The Hall–Kier alpha value is -0.0800. The summed E-state index contributed by atoms with van der Waals surface area (Å²) in [6.45, 7) is 4.02. The van der Waals surface area contributed by atoms with Gasteiger partial charge in [0.15, 0.2) is 0 Å². The molecule has 2 rings (SSSR count). The fourth-order valence-electron chi connectivity index (χ4n) is 2.36. The summed E-state index contributed by atoms with van der Waals surface area (Å²) in [5.41, 5.74) is 1.06. The third-order valence-electron chi connectivity index (χ3n) is 3.55. The van der Waals surface area contributed by atoms with Crippen LogP contribution in [0.4, 0.5) is 0 Å². The van der Waals surface area contributed by atoms with Crippen LogP contribution in [0.15, 0.2) is 27.6 Å². The van der Waals surface area contributed by atoms with Crippen LogP contribution in [-0.2, 0) is 16.6 Å². The van der Waals surface area contributed by atoms with E-state index in [-0.39, 0.29) is 0 Å². The quantitative estimate of drug-likeness (QED) is 0.836. The standard InChI is InChI=1S/C14H21BrN2O2S2/c1-3-12-10-17(6-7-20-12)21(18,19)14-5-4-11(9-16-2)8-13(14)15/h4-5,8,12,16H,3,6-7,9-10H2,1-2H3. The van der Waals surface area contributed by atoms with E-state index in [2.05, 4.69) is 28.2 Å². The molecule has 0 saturated carbocycles. The van der Waals surface area contributed by atoms with E-state index >= 15 is 0 Å². The molecule has 21 heavy (non-hydrogen) atoms. The van der Waals surface area contributed by atoms with Crippen molar-refractivity contribution in [2.75, 3.05) is 25.9 Å². The Morgan fingerprint density at radius 2 is 2.24 bits per heavy atom. The average molecular weight is 393 g/mol. The van der Waals surface area contributed by atoms with E-state index in [1.807, 2.05) is 30.9 Å². The van der Waals surface area contributed by atoms with Gasteiger partial charge in [-0.15, -0.1) is 0 Å². The van der Waals surface area contributed by atoms with E-state index in [9.17, 15) is 8.42 Å². The van der Waals surface area contributed by atoms with Gasteiger partial charge in [0.2, 0.25) is 10.0 Å². The third-order valence-corrected chi connectivity index (χ3v) is 7.77. The molecule has 4 nitrogen and oxygen atoms in total. The van der Waals surface area contributed by atoms with E-state index < -0.39 is 10.0 Å². The topological polar surface area (TPSA) is 49.4 Å². The highest BCUT2D eigenvalue weighted by molar-refractivity contribution is 9.10. The van der Waals surface area contributed by atoms with Crippen molar-refractivity contribution in [3.63, 3.8) is 0 Å². The minimum atomic E-state index is -3.41. The van der Waals surface area contributed by atoms with E-state index in [1.54, 1.807) is 10.4 Å². The Kier molecular flexibility index (Phi) is 6.14. The SMILES string of the molecule is CCC1CN(S(=O)(=O)c2ccc(CNC)cc2Br)CCS1. The Morgan fingerprint density at radius 3 is 2.86 bits per heavy atom. The molecule has 1 aromatic rings. The van der Waals surface area contributed by atoms with Crippen LogP contribution in [0.3, 0.4) is 0 Å². The van der Waals surface area contributed by atoms with Gasteiger partial charge in [-0.3, -0.25) is 0 Å². The lowest BCUT2D eigenvalue weighted by Gasteiger charge is -2.31. The highest BCUT2D eigenvalue weighted by Crippen LogP contribution is 2.30. The number of sulfonamides is 1. The van der Waals surface area contributed by atoms with Crippen molar-refractivity contribution in [1.29, 1.82) is 0 Å². The predicted octanol–water partition coefficient (Wildman–Crippen LogP) is 2.68. The van der Waals surface area contributed by atoms with E-state index in [4.69, 9.17) is 0 Å². The monoisotopic (exact) mass is 392 g/mol. The first kappa shape index (κ1) is 17.3. The first-order valence-electron chi connectivity index (χ1n) is 7.03. The number of thioether (sulfide) groups is 1. The summed E-state index contributed by atoms with van der Waals surface area (Å²) in [6.07, 6.45) is 0.999. The fourth-order valence-corrected chi connectivity index (χ4v) is 6.33. The van der Waals surface area contributed by atoms with Gasteiger partial charge in [0.05, 0.1) is 4.90 Å². The summed E-state index contributed by atoms with van der Waals surface area (Å²) in [7, 11) is -1.54. The first-order valence-corrected chi connectivity index (χ1v) is 10.3. The molecular weight excluding hydrogens is 372 g/mol. The number of hydrogen-bond acceptors (Lipinski definition) is 4. The molecule has 1 atom stereocenters. The largest absolute Gasteiger partial charge is 0.316 e. The van der Waals surface area contributed by atoms with Crippen molar-refractivity contribution in [3.8, 4) is 0 Å². The number of benzene rings is 1. The second-order valence-corrected chi connectivity index (χ2v) is 9.23. The molecule has 1 N–H and O–H groups in total. The van der Waals surface area contributed by atoms with Gasteiger partial charge < -0.3 is 5.32 Å². The lowest BCUT2D eigenvalue weighted by molar-refractivity contribution is 0.415. The number of halogens is 1. The lowest BCUT2D eigenvalue weighted by atomic mass is 10.2. The summed E-state index contributed by atoms with van der Waals surface area (Å²) in [5.74, 6) is 0.868. The number of hydrogen-bond donors (Lipinski definition) is 1. The maximum absolute atomic E-state index is 12.8. The molecule has 7 heteroatoms. The van der Waals surface area contributed by atoms with Gasteiger partial charge in [0.1, 0.15) is 0 Å². The summed E-state index contributed by atoms with van der Waals surface area (Å²) >= 11 is 5.28. The molecule has 0 radical (unpaired) electrons. The summed E-state index contributed by atoms with van der Waals surface area (Å²) in [4.78, 5) is 0.365. The summed E-state index contributed by atoms with van der Waals surface area (Å²) in [5, 5.41) is 3.46. The van der Waals surface area contributed by atoms with Gasteiger partial charge in [-0.25, -0.2) is 8.42 Å². The molecular formula is C14H21BrN2O2S2. The number of nitrogens with zero attached hydrogens (tertiary/aromatic N) is 1. The van der Waals surface area contributed by atoms with Gasteiger partial charge in [-0.05, 0) is 47.1 Å². The molecule has 0 amide bonds. The molecule has 0 aromatic heterocycles. The van der Waals surface area contributed by atoms with Crippen LogP contribution in [0, 0.1) is 0 Å². The van der Waals surface area contributed by atoms with Gasteiger partial charge >= 0.3 is 0 Å². The number of rotatable bonds is 5. The molecule has 0 aliphatic carbocycles. The zero-order valence-corrected chi connectivity index (χ0v) is 15.5. The minimum Gasteiger partial charge on any atom is -0.316 e. The van der Waals surface area contributed by atoms with Crippen molar-refractivity contribution in [3.05, 3.63) is 28.2 Å². The zero-order valence-electron chi connectivity index (χ0n) is 12.3. The Bertz CT molecular complexity index is 593. The van der Waals surface area contributed by atoms with Crippen LogP contribution in [-0.4, -0.2) is 43.9 Å². The van der Waals surface area contributed by atoms with E-state index in [0.29, 0.717) is 27.7 Å². The molecule has 1 saturated heterocycles. The third kappa shape index (κ3) is 4.01. The predicted molar refractivity (Wildman–Crippen MR) is 92.2 cm³/mol. The molecule has 1 aliphatic heterocycles. The van der Waals surface area contributed by atoms with Crippen LogP contribution in [0.25, 0.3) is 0 Å². The van der Waals surface area contributed by atoms with Crippen molar-refractivity contribution in [1.82, 2.24) is 9.62 Å². The van der Waals surface area contributed by atoms with Gasteiger partial charge in [0.25, 0.3) is 0 Å². The maximum atomic E-state index is 12.8. The average Bonchev–Trinajstić information content (AvgIpc) is 2.47. The maximum Gasteiger partial charge on any atom is 0.244 e. The summed E-state index contributed by atoms with van der Waals surface area (Å²) < 4.78 is 27.9. The van der Waals surface area contributed by atoms with Crippen molar-refractivity contribution in [2.24, 2.45) is 0 Å². The van der Waals surface area contributed by atoms with Crippen LogP contribution >= 0.6 is 27.7 Å². The Labute approximate surface area is 139 Å². The second-order valence-electron chi connectivity index (χ2n) is 5.06. The van der Waals surface area contributed by atoms with Crippen molar-refractivity contribution in [2.45, 2.75) is 30.0 Å². The Morgan fingerprint density at radius 1 is 1.48 bits per heavy atom. The van der Waals surface area contributed by atoms with Crippen LogP contribution in [0.1, 0.15) is 18.9 Å². The molecule has 0 bridgehead atoms. The molecule has 1 aliphatic rings. The molecule has 1 unspecified atom stereocenters. The molecule has 1 aromatic carbocycles. The van der Waals surface area contributed by atoms with Gasteiger partial charge in [0, 0.05) is 35.1 Å². The Balaban J connectivity index is 2.26. The lowest BCUT2D eigenvalue weighted by Crippen LogP contribution is -2.41. The highest BCUT2D eigenvalue weighted by Gasteiger charge is 2.31. The zero-order chi connectivity index (χ0) is 15.5. The fraction of sp³-hybridized carbons (Fsp3) is 0.571. The first-order chi connectivity index (χ1) is 9.98. The molecule has 1 heterocycles. The van der Waals surface area contributed by atoms with Crippen molar-refractivity contribution >= 4 is 37.7 Å². The van der Waals surface area contributed by atoms with E-state index in [1.165, 1.54) is 0 Å². The van der Waals surface area contributed by atoms with Gasteiger partial charge in [-0.2, -0.15) is 16.1 Å². The van der Waals surface area contributed by atoms with Crippen LogP contribution in [0.2, 0.25) is 0 Å². The van der Waals surface area contributed by atoms with Gasteiger partial charge in [-0.1, -0.05) is 13.0 Å². The highest BCUT2D eigenvalue weighted by atomic mass is 79.9. The number of nitrogens with one attached hydrogen (secondary N) is 1.